The lowest BCUT2D eigenvalue weighted by molar-refractivity contribution is 0.0767. The first-order chi connectivity index (χ1) is 10.2. The van der Waals surface area contributed by atoms with Crippen molar-refractivity contribution in [3.05, 3.63) is 21.4 Å². The van der Waals surface area contributed by atoms with Crippen LogP contribution in [0.3, 0.4) is 0 Å². The van der Waals surface area contributed by atoms with Crippen LogP contribution in [0.5, 0.6) is 0 Å². The maximum atomic E-state index is 12.6. The molecule has 0 aromatic carbocycles. The van der Waals surface area contributed by atoms with E-state index in [0.29, 0.717) is 31.8 Å². The largest absolute Gasteiger partial charge is 0.336 e. The normalized spacial score (nSPS) is 16.6. The molecule has 5 heteroatoms. The highest BCUT2D eigenvalue weighted by Gasteiger charge is 2.23. The van der Waals surface area contributed by atoms with Crippen molar-refractivity contribution >= 4 is 17.2 Å². The van der Waals surface area contributed by atoms with E-state index < -0.39 is 0 Å². The summed E-state index contributed by atoms with van der Waals surface area (Å²) in [5.41, 5.74) is 1.31. The smallest absolute Gasteiger partial charge is 0.264 e. The molecule has 1 heterocycles. The van der Waals surface area contributed by atoms with E-state index in [4.69, 9.17) is 10.5 Å². The van der Waals surface area contributed by atoms with E-state index in [1.807, 2.05) is 6.07 Å². The Morgan fingerprint density at radius 2 is 2.05 bits per heavy atom. The van der Waals surface area contributed by atoms with Gasteiger partial charge in [0.1, 0.15) is 0 Å². The highest BCUT2D eigenvalue weighted by molar-refractivity contribution is 7.14. The summed E-state index contributed by atoms with van der Waals surface area (Å²) >= 11 is 1.58. The van der Waals surface area contributed by atoms with E-state index in [9.17, 15) is 4.79 Å². The quantitative estimate of drug-likeness (QED) is 0.839. The lowest BCUT2D eigenvalue weighted by Crippen LogP contribution is -2.32. The Morgan fingerprint density at radius 1 is 1.38 bits per heavy atom. The van der Waals surface area contributed by atoms with E-state index in [0.717, 1.165) is 17.7 Å². The molecule has 1 atom stereocenters. The van der Waals surface area contributed by atoms with Gasteiger partial charge in [-0.15, -0.1) is 11.3 Å². The number of carbonyl (C=O) groups is 1. The van der Waals surface area contributed by atoms with Gasteiger partial charge in [0.15, 0.2) is 0 Å². The molecular formula is C16H19N3OS. The van der Waals surface area contributed by atoms with Gasteiger partial charge in [-0.3, -0.25) is 4.79 Å². The molecule has 1 aromatic heterocycles. The van der Waals surface area contributed by atoms with Crippen LogP contribution in [-0.2, 0) is 12.8 Å². The molecule has 21 heavy (non-hydrogen) atoms. The number of nitrogens with zero attached hydrogens (tertiary/aromatic N) is 3. The second kappa shape index (κ2) is 7.24. The van der Waals surface area contributed by atoms with Gasteiger partial charge >= 0.3 is 0 Å². The van der Waals surface area contributed by atoms with Crippen LogP contribution in [0.2, 0.25) is 0 Å². The zero-order chi connectivity index (χ0) is 15.2. The van der Waals surface area contributed by atoms with E-state index >= 15 is 0 Å². The molecule has 1 aliphatic rings. The second-order valence-corrected chi connectivity index (χ2v) is 6.65. The molecule has 0 saturated carbocycles. The Hall–Kier alpha value is -1.85. The highest BCUT2D eigenvalue weighted by Crippen LogP contribution is 2.32. The summed E-state index contributed by atoms with van der Waals surface area (Å²) in [6.45, 7) is 3.04. The van der Waals surface area contributed by atoms with Crippen LogP contribution in [0, 0.1) is 28.6 Å². The predicted molar refractivity (Wildman–Crippen MR) is 81.9 cm³/mol. The molecule has 0 saturated heterocycles. The van der Waals surface area contributed by atoms with E-state index in [1.165, 1.54) is 16.9 Å². The summed E-state index contributed by atoms with van der Waals surface area (Å²) in [6, 6.07) is 6.14. The maximum absolute atomic E-state index is 12.6. The standard InChI is InChI=1S/C16H19N3OS/c1-12-4-5-14-13(10-12)11-15(21-14)16(20)19(8-2-6-17)9-3-7-18/h11-12H,2-5,8-10H2,1H3. The minimum Gasteiger partial charge on any atom is -0.336 e. The second-order valence-electron chi connectivity index (χ2n) is 5.52. The molecule has 0 fully saturated rings. The van der Waals surface area contributed by atoms with Crippen molar-refractivity contribution in [1.29, 1.82) is 10.5 Å². The lowest BCUT2D eigenvalue weighted by Gasteiger charge is -2.19. The lowest BCUT2D eigenvalue weighted by atomic mass is 9.90. The SMILES string of the molecule is CC1CCc2sc(C(=O)N(CCC#N)CCC#N)cc2C1. The third-order valence-corrected chi connectivity index (χ3v) is 5.04. The molecule has 4 nitrogen and oxygen atoms in total. The Labute approximate surface area is 129 Å². The average molecular weight is 301 g/mol. The third-order valence-electron chi connectivity index (χ3n) is 3.81. The number of hydrogen-bond donors (Lipinski definition) is 0. The number of carbonyl (C=O) groups excluding carboxylic acids is 1. The Balaban J connectivity index is 2.13. The van der Waals surface area contributed by atoms with Crippen LogP contribution in [0.15, 0.2) is 6.07 Å². The highest BCUT2D eigenvalue weighted by atomic mass is 32.1. The molecule has 2 rings (SSSR count). The van der Waals surface area contributed by atoms with Gasteiger partial charge in [0, 0.05) is 18.0 Å². The molecule has 0 radical (unpaired) electrons. The molecule has 1 aliphatic carbocycles. The van der Waals surface area contributed by atoms with Crippen LogP contribution in [-0.4, -0.2) is 23.9 Å². The number of amides is 1. The fourth-order valence-corrected chi connectivity index (χ4v) is 3.83. The minimum absolute atomic E-state index is 0.0347. The Morgan fingerprint density at radius 3 is 2.67 bits per heavy atom. The van der Waals surface area contributed by atoms with Gasteiger partial charge in [-0.2, -0.15) is 10.5 Å². The van der Waals surface area contributed by atoms with Crippen LogP contribution >= 0.6 is 11.3 Å². The Bertz CT molecular complexity index is 576. The predicted octanol–water partition coefficient (Wildman–Crippen LogP) is 3.14. The summed E-state index contributed by atoms with van der Waals surface area (Å²) in [6.07, 6.45) is 3.91. The van der Waals surface area contributed by atoms with Gasteiger partial charge in [0.2, 0.25) is 0 Å². The van der Waals surface area contributed by atoms with Crippen molar-refractivity contribution in [2.45, 2.75) is 39.0 Å². The van der Waals surface area contributed by atoms with Gasteiger partial charge in [-0.05, 0) is 36.8 Å². The maximum Gasteiger partial charge on any atom is 0.264 e. The molecule has 110 valence electrons. The number of nitriles is 2. The number of fused-ring (bicyclic) bond motifs is 1. The van der Waals surface area contributed by atoms with Crippen molar-refractivity contribution in [3.63, 3.8) is 0 Å². The number of hydrogen-bond acceptors (Lipinski definition) is 4. The van der Waals surface area contributed by atoms with Crippen LogP contribution in [0.25, 0.3) is 0 Å². The van der Waals surface area contributed by atoms with Crippen molar-refractivity contribution in [1.82, 2.24) is 4.90 Å². The van der Waals surface area contributed by atoms with E-state index in [1.54, 1.807) is 16.2 Å². The first-order valence-corrected chi connectivity index (χ1v) is 8.12. The van der Waals surface area contributed by atoms with Gasteiger partial charge < -0.3 is 4.90 Å². The molecule has 0 N–H and O–H groups in total. The summed E-state index contributed by atoms with van der Waals surface area (Å²) < 4.78 is 0. The Kier molecular flexibility index (Phi) is 5.36. The van der Waals surface area contributed by atoms with E-state index in [2.05, 4.69) is 19.1 Å². The first kappa shape index (κ1) is 15.5. The van der Waals surface area contributed by atoms with Gasteiger partial charge in [0.05, 0.1) is 29.9 Å². The summed E-state index contributed by atoms with van der Waals surface area (Å²) in [4.78, 5) is 16.3. The van der Waals surface area contributed by atoms with Crippen LogP contribution in [0.4, 0.5) is 0 Å². The van der Waals surface area contributed by atoms with Crippen molar-refractivity contribution < 1.29 is 4.79 Å². The average Bonchev–Trinajstić information content (AvgIpc) is 2.89. The third kappa shape index (κ3) is 3.83. The summed E-state index contributed by atoms with van der Waals surface area (Å²) in [5, 5.41) is 17.4. The first-order valence-electron chi connectivity index (χ1n) is 7.30. The van der Waals surface area contributed by atoms with Crippen molar-refractivity contribution in [2.24, 2.45) is 5.92 Å². The number of aryl methyl sites for hydroxylation is 1. The monoisotopic (exact) mass is 301 g/mol. The molecule has 0 aliphatic heterocycles. The summed E-state index contributed by atoms with van der Waals surface area (Å²) in [5.74, 6) is 0.649. The van der Waals surface area contributed by atoms with Crippen LogP contribution < -0.4 is 0 Å². The fraction of sp³-hybridized carbons (Fsp3) is 0.562. The number of thiophene rings is 1. The van der Waals surface area contributed by atoms with Crippen molar-refractivity contribution in [2.75, 3.05) is 13.1 Å². The molecule has 1 amide bonds. The van der Waals surface area contributed by atoms with E-state index in [-0.39, 0.29) is 5.91 Å². The minimum atomic E-state index is -0.0347. The number of rotatable bonds is 5. The molecule has 0 spiro atoms. The molecule has 0 bridgehead atoms. The van der Waals surface area contributed by atoms with Crippen LogP contribution in [0.1, 0.15) is 46.3 Å². The van der Waals surface area contributed by atoms with Gasteiger partial charge in [0.25, 0.3) is 5.91 Å². The molecule has 1 unspecified atom stereocenters. The molecular weight excluding hydrogens is 282 g/mol. The fourth-order valence-electron chi connectivity index (χ4n) is 2.65. The van der Waals surface area contributed by atoms with Gasteiger partial charge in [-0.25, -0.2) is 0 Å². The zero-order valence-electron chi connectivity index (χ0n) is 12.3. The topological polar surface area (TPSA) is 67.9 Å². The zero-order valence-corrected chi connectivity index (χ0v) is 13.1. The van der Waals surface area contributed by atoms with Crippen molar-refractivity contribution in [3.8, 4) is 12.1 Å². The summed E-state index contributed by atoms with van der Waals surface area (Å²) in [7, 11) is 0. The van der Waals surface area contributed by atoms with Gasteiger partial charge in [-0.1, -0.05) is 6.92 Å². The molecule has 1 aromatic rings.